The number of carbonyl (C=O) groups is 1. The van der Waals surface area contributed by atoms with Crippen molar-refractivity contribution in [1.82, 2.24) is 19.8 Å². The number of aromatic nitrogens is 2. The highest BCUT2D eigenvalue weighted by Crippen LogP contribution is 2.59. The fourth-order valence-electron chi connectivity index (χ4n) is 8.58. The monoisotopic (exact) mass is 644 g/mol. The second-order valence-corrected chi connectivity index (χ2v) is 14.0. The summed E-state index contributed by atoms with van der Waals surface area (Å²) in [5, 5.41) is 1.31. The van der Waals surface area contributed by atoms with E-state index >= 15 is 0 Å². The van der Waals surface area contributed by atoms with Crippen molar-refractivity contribution in [3.63, 3.8) is 0 Å². The molecule has 46 heavy (non-hydrogen) atoms. The van der Waals surface area contributed by atoms with Crippen LogP contribution < -0.4 is 9.64 Å². The first-order valence-corrected chi connectivity index (χ1v) is 16.5. The Bertz CT molecular complexity index is 1810. The lowest BCUT2D eigenvalue weighted by atomic mass is 9.93. The van der Waals surface area contributed by atoms with Gasteiger partial charge < -0.3 is 19.4 Å². The van der Waals surface area contributed by atoms with Gasteiger partial charge in [0, 0.05) is 48.6 Å². The van der Waals surface area contributed by atoms with E-state index in [0.717, 1.165) is 48.2 Å². The van der Waals surface area contributed by atoms with Gasteiger partial charge in [-0.25, -0.2) is 15.4 Å². The fraction of sp³-hybridized carbons (Fsp3) is 0.486. The molecular weight excluding hydrogens is 610 g/mol. The van der Waals surface area contributed by atoms with Crippen LogP contribution >= 0.6 is 11.6 Å². The Balaban J connectivity index is 1.19. The summed E-state index contributed by atoms with van der Waals surface area (Å²) in [6.45, 7) is 13.1. The fourth-order valence-corrected chi connectivity index (χ4v) is 8.84. The summed E-state index contributed by atoms with van der Waals surface area (Å²) in [4.78, 5) is 31.5. The summed E-state index contributed by atoms with van der Waals surface area (Å²) in [6, 6.07) is 9.99. The van der Waals surface area contributed by atoms with Crippen molar-refractivity contribution >= 4 is 34.2 Å². The van der Waals surface area contributed by atoms with E-state index in [1.165, 1.54) is 22.4 Å². The minimum Gasteiger partial charge on any atom is -0.461 e. The third-order valence-corrected chi connectivity index (χ3v) is 11.1. The summed E-state index contributed by atoms with van der Waals surface area (Å²) >= 11 is 7.06. The highest BCUT2D eigenvalue weighted by atomic mass is 35.5. The summed E-state index contributed by atoms with van der Waals surface area (Å²) < 4.78 is 34.7. The Kier molecular flexibility index (Phi) is 7.18. The van der Waals surface area contributed by atoms with Crippen LogP contribution in [0.3, 0.4) is 0 Å². The maximum Gasteiger partial charge on any atom is 0.319 e. The summed E-state index contributed by atoms with van der Waals surface area (Å²) in [5.74, 6) is 0.0380. The van der Waals surface area contributed by atoms with Gasteiger partial charge in [-0.2, -0.15) is 9.97 Å². The molecule has 3 saturated heterocycles. The van der Waals surface area contributed by atoms with Crippen LogP contribution in [-0.2, 0) is 11.2 Å². The lowest BCUT2D eigenvalue weighted by Gasteiger charge is -2.39. The number of amides is 1. The Hall–Kier alpha value is -3.81. The Labute approximate surface area is 271 Å². The molecule has 0 bridgehead atoms. The summed E-state index contributed by atoms with van der Waals surface area (Å²) in [6.07, 6.45) is 3.75. The number of benzene rings is 2. The number of hydrogen-bond acceptors (Lipinski definition) is 6. The van der Waals surface area contributed by atoms with Gasteiger partial charge in [0.05, 0.1) is 11.1 Å². The van der Waals surface area contributed by atoms with Crippen LogP contribution in [0.4, 0.5) is 14.6 Å². The number of carbonyl (C=O) groups excluding carboxylic acids is 1. The normalized spacial score (nSPS) is 28.1. The summed E-state index contributed by atoms with van der Waals surface area (Å²) in [7, 11) is 0. The van der Waals surface area contributed by atoms with E-state index in [2.05, 4.69) is 34.5 Å². The zero-order chi connectivity index (χ0) is 31.7. The SMILES string of the molecule is [C-]#[N+]C[C@H]1CN(c2nc(OCC34CCCN3C[C@H](F)C4)nc3cc(-c4cccc5c4C4CC4C5)c(Cl)cc23)CCN1C(=O)C(=C)F. The van der Waals surface area contributed by atoms with E-state index < -0.39 is 23.9 Å². The molecule has 2 aromatic carbocycles. The smallest absolute Gasteiger partial charge is 0.319 e. The molecule has 238 valence electrons. The number of nitrogens with zero attached hydrogens (tertiary/aromatic N) is 6. The molecule has 3 aromatic rings. The minimum atomic E-state index is -1.04. The number of ether oxygens (including phenoxy) is 1. The van der Waals surface area contributed by atoms with Crippen molar-refractivity contribution in [3.8, 4) is 17.1 Å². The number of alkyl halides is 1. The molecule has 4 fully saturated rings. The Morgan fingerprint density at radius 2 is 2.07 bits per heavy atom. The van der Waals surface area contributed by atoms with Crippen molar-refractivity contribution in [2.45, 2.75) is 55.8 Å². The number of fused-ring (bicyclic) bond motifs is 5. The van der Waals surface area contributed by atoms with Crippen molar-refractivity contribution in [2.24, 2.45) is 5.92 Å². The van der Waals surface area contributed by atoms with E-state index in [4.69, 9.17) is 32.9 Å². The molecule has 1 saturated carbocycles. The quantitative estimate of drug-likeness (QED) is 0.233. The average molecular weight is 645 g/mol. The molecular formula is C35H35ClF2N6O2. The molecule has 5 aliphatic rings. The first kappa shape index (κ1) is 29.6. The Morgan fingerprint density at radius 3 is 2.89 bits per heavy atom. The average Bonchev–Trinajstić information content (AvgIpc) is 3.36. The molecule has 5 atom stereocenters. The highest BCUT2D eigenvalue weighted by Gasteiger charge is 2.50. The second-order valence-electron chi connectivity index (χ2n) is 13.6. The molecule has 2 aliphatic carbocycles. The predicted octanol–water partition coefficient (Wildman–Crippen LogP) is 5.98. The molecule has 11 heteroatoms. The number of halogens is 3. The van der Waals surface area contributed by atoms with Crippen molar-refractivity contribution in [1.29, 1.82) is 0 Å². The van der Waals surface area contributed by atoms with Crippen LogP contribution in [0.25, 0.3) is 26.9 Å². The molecule has 8 nitrogen and oxygen atoms in total. The molecule has 8 rings (SSSR count). The van der Waals surface area contributed by atoms with Gasteiger partial charge in [0.2, 0.25) is 6.54 Å². The van der Waals surface area contributed by atoms with Crippen LogP contribution in [0, 0.1) is 12.5 Å². The number of hydrogen-bond donors (Lipinski definition) is 0. The summed E-state index contributed by atoms with van der Waals surface area (Å²) in [5.41, 5.74) is 5.12. The molecule has 3 aliphatic heterocycles. The van der Waals surface area contributed by atoms with Crippen molar-refractivity contribution < 1.29 is 18.3 Å². The van der Waals surface area contributed by atoms with Crippen LogP contribution in [-0.4, -0.2) is 89.3 Å². The van der Waals surface area contributed by atoms with E-state index in [9.17, 15) is 13.6 Å². The van der Waals surface area contributed by atoms with Gasteiger partial charge in [-0.15, -0.1) is 0 Å². The van der Waals surface area contributed by atoms with Crippen molar-refractivity contribution in [2.75, 3.05) is 50.8 Å². The van der Waals surface area contributed by atoms with Crippen LogP contribution in [0.15, 0.2) is 42.7 Å². The molecule has 4 heterocycles. The topological polar surface area (TPSA) is 66.2 Å². The lowest BCUT2D eigenvalue weighted by Crippen LogP contribution is -2.56. The highest BCUT2D eigenvalue weighted by molar-refractivity contribution is 6.34. The lowest BCUT2D eigenvalue weighted by molar-refractivity contribution is -0.131. The van der Waals surface area contributed by atoms with Gasteiger partial charge in [0.25, 0.3) is 5.91 Å². The van der Waals surface area contributed by atoms with Gasteiger partial charge >= 0.3 is 6.01 Å². The first-order chi connectivity index (χ1) is 22.2. The molecule has 1 aromatic heterocycles. The minimum absolute atomic E-state index is 0.0107. The predicted molar refractivity (Wildman–Crippen MR) is 173 cm³/mol. The molecule has 1 amide bonds. The van der Waals surface area contributed by atoms with Crippen LogP contribution in [0.2, 0.25) is 5.02 Å². The van der Waals surface area contributed by atoms with E-state index in [0.29, 0.717) is 41.8 Å². The largest absolute Gasteiger partial charge is 0.461 e. The number of rotatable bonds is 7. The number of anilines is 1. The molecule has 0 N–H and O–H groups in total. The van der Waals surface area contributed by atoms with Gasteiger partial charge in [-0.05, 0) is 72.9 Å². The van der Waals surface area contributed by atoms with Gasteiger partial charge in [0.15, 0.2) is 5.83 Å². The van der Waals surface area contributed by atoms with E-state index in [1.807, 2.05) is 17.0 Å². The maximum absolute atomic E-state index is 14.5. The molecule has 0 radical (unpaired) electrons. The maximum atomic E-state index is 14.5. The second kappa shape index (κ2) is 11.2. The van der Waals surface area contributed by atoms with Gasteiger partial charge in [0.1, 0.15) is 24.6 Å². The van der Waals surface area contributed by atoms with Crippen LogP contribution in [0.5, 0.6) is 6.01 Å². The van der Waals surface area contributed by atoms with Gasteiger partial charge in [-0.1, -0.05) is 36.4 Å². The zero-order valence-electron chi connectivity index (χ0n) is 25.5. The zero-order valence-corrected chi connectivity index (χ0v) is 26.3. The van der Waals surface area contributed by atoms with Gasteiger partial charge in [-0.3, -0.25) is 9.69 Å². The number of piperazine rings is 1. The Morgan fingerprint density at radius 1 is 1.20 bits per heavy atom. The third-order valence-electron chi connectivity index (χ3n) is 10.8. The van der Waals surface area contributed by atoms with Crippen molar-refractivity contribution in [3.05, 3.63) is 70.3 Å². The van der Waals surface area contributed by atoms with E-state index in [-0.39, 0.29) is 37.8 Å². The molecule has 3 unspecified atom stereocenters. The first-order valence-electron chi connectivity index (χ1n) is 16.1. The van der Waals surface area contributed by atoms with E-state index in [1.54, 1.807) is 0 Å². The molecule has 0 spiro atoms. The third kappa shape index (κ3) is 4.90. The van der Waals surface area contributed by atoms with Crippen LogP contribution in [0.1, 0.15) is 42.7 Å². The standard InChI is InChI=1S/C35H35ClF2N6O2/c1-20(37)33(45)44-10-9-42(18-24(44)16-39-2)32-28-13-29(36)27(25-6-3-5-21-11-22-12-26(22)31(21)25)14-30(28)40-34(41-32)46-19-35-7-4-8-43(35)17-23(38)15-35/h3,5-6,13-14,22-24,26H,1,4,7-12,15-19H2/t22?,23-,24+,26?,35?/m1/s1.